The number of carboxylic acid groups (broad SMARTS) is 1. The molecule has 2 heterocycles. The Morgan fingerprint density at radius 2 is 2.33 bits per heavy atom. The predicted molar refractivity (Wildman–Crippen MR) is 66.6 cm³/mol. The molecule has 1 aliphatic heterocycles. The van der Waals surface area contributed by atoms with Gasteiger partial charge in [0, 0.05) is 32.1 Å². The molecule has 0 spiro atoms. The van der Waals surface area contributed by atoms with Crippen LogP contribution in [0.2, 0.25) is 0 Å². The lowest BCUT2D eigenvalue weighted by molar-refractivity contribution is -0.130. The molecule has 0 bridgehead atoms. The molecule has 0 saturated carbocycles. The van der Waals surface area contributed by atoms with E-state index in [2.05, 4.69) is 4.98 Å². The number of nitrogens with zero attached hydrogens (tertiary/aromatic N) is 3. The number of aromatic nitrogens is 1. The number of amides is 1. The van der Waals surface area contributed by atoms with Crippen molar-refractivity contribution in [3.63, 3.8) is 0 Å². The largest absolute Gasteiger partial charge is 0.476 e. The van der Waals surface area contributed by atoms with Gasteiger partial charge in [-0.1, -0.05) is 0 Å². The van der Waals surface area contributed by atoms with E-state index in [1.54, 1.807) is 17.3 Å². The number of carbonyl (C=O) groups excluding carboxylic acids is 1. The molecule has 0 aromatic carbocycles. The average molecular weight is 269 g/mol. The molecule has 98 valence electrons. The van der Waals surface area contributed by atoms with Gasteiger partial charge in [-0.25, -0.2) is 9.78 Å². The Kier molecular flexibility index (Phi) is 3.93. The van der Waals surface area contributed by atoms with Crippen LogP contribution in [0.15, 0.2) is 5.38 Å². The van der Waals surface area contributed by atoms with Crippen LogP contribution in [0.4, 0.5) is 0 Å². The number of hydrogen-bond donors (Lipinski definition) is 1. The highest BCUT2D eigenvalue weighted by atomic mass is 32.1. The normalized spacial score (nSPS) is 17.8. The summed E-state index contributed by atoms with van der Waals surface area (Å²) >= 11 is 1.12. The topological polar surface area (TPSA) is 73.7 Å². The fourth-order valence-corrected chi connectivity index (χ4v) is 2.53. The highest BCUT2D eigenvalue weighted by molar-refractivity contribution is 7.11. The molecule has 1 aliphatic rings. The molecule has 6 nitrogen and oxygen atoms in total. The van der Waals surface area contributed by atoms with Crippen LogP contribution in [0, 0.1) is 0 Å². The smallest absolute Gasteiger partial charge is 0.365 e. The first-order chi connectivity index (χ1) is 8.56. The van der Waals surface area contributed by atoms with E-state index in [-0.39, 0.29) is 10.9 Å². The van der Waals surface area contributed by atoms with Crippen LogP contribution in [-0.2, 0) is 11.3 Å². The molecule has 1 fully saturated rings. The minimum atomic E-state index is -1.00. The Morgan fingerprint density at radius 3 is 3.00 bits per heavy atom. The number of rotatable bonds is 3. The second-order valence-electron chi connectivity index (χ2n) is 4.33. The molecular weight excluding hydrogens is 254 g/mol. The third-order valence-electron chi connectivity index (χ3n) is 2.87. The van der Waals surface area contributed by atoms with Crippen molar-refractivity contribution in [2.24, 2.45) is 0 Å². The van der Waals surface area contributed by atoms with E-state index >= 15 is 0 Å². The van der Waals surface area contributed by atoms with Gasteiger partial charge in [0.05, 0.1) is 12.2 Å². The molecule has 18 heavy (non-hydrogen) atoms. The lowest BCUT2D eigenvalue weighted by Gasteiger charge is -2.17. The van der Waals surface area contributed by atoms with Crippen molar-refractivity contribution in [3.8, 4) is 0 Å². The molecule has 1 aromatic rings. The monoisotopic (exact) mass is 269 g/mol. The molecule has 0 aliphatic carbocycles. The molecule has 2 rings (SSSR count). The van der Waals surface area contributed by atoms with Crippen LogP contribution in [-0.4, -0.2) is 58.4 Å². The van der Waals surface area contributed by atoms with Gasteiger partial charge in [-0.2, -0.15) is 0 Å². The lowest BCUT2D eigenvalue weighted by atomic mass is 10.3. The van der Waals surface area contributed by atoms with Gasteiger partial charge in [0.15, 0.2) is 0 Å². The number of likely N-dealkylation sites (N-methyl/N-ethyl adjacent to an activating group) is 1. The zero-order valence-electron chi connectivity index (χ0n) is 10.1. The Balaban J connectivity index is 1.99. The van der Waals surface area contributed by atoms with Crippen molar-refractivity contribution in [2.45, 2.75) is 13.0 Å². The lowest BCUT2D eigenvalue weighted by Crippen LogP contribution is -2.34. The van der Waals surface area contributed by atoms with Gasteiger partial charge in [-0.05, 0) is 6.42 Å². The summed E-state index contributed by atoms with van der Waals surface area (Å²) in [4.78, 5) is 30.2. The van der Waals surface area contributed by atoms with Gasteiger partial charge in [-0.15, -0.1) is 11.3 Å². The number of carboxylic acids is 1. The summed E-state index contributed by atoms with van der Waals surface area (Å²) in [5.41, 5.74) is 0.717. The summed E-state index contributed by atoms with van der Waals surface area (Å²) in [6.07, 6.45) is 0.929. The van der Waals surface area contributed by atoms with E-state index in [9.17, 15) is 9.59 Å². The Hall–Kier alpha value is -1.47. The van der Waals surface area contributed by atoms with Gasteiger partial charge >= 0.3 is 5.97 Å². The molecule has 1 saturated heterocycles. The van der Waals surface area contributed by atoms with Crippen molar-refractivity contribution >= 4 is 23.2 Å². The van der Waals surface area contributed by atoms with Crippen LogP contribution >= 0.6 is 11.3 Å². The van der Waals surface area contributed by atoms with Crippen LogP contribution in [0.5, 0.6) is 0 Å². The van der Waals surface area contributed by atoms with Crippen molar-refractivity contribution in [1.82, 2.24) is 14.8 Å². The van der Waals surface area contributed by atoms with Gasteiger partial charge in [-0.3, -0.25) is 9.69 Å². The van der Waals surface area contributed by atoms with Gasteiger partial charge in [0.2, 0.25) is 10.9 Å². The van der Waals surface area contributed by atoms with Gasteiger partial charge in [0.1, 0.15) is 0 Å². The fourth-order valence-electron chi connectivity index (χ4n) is 1.89. The van der Waals surface area contributed by atoms with Crippen LogP contribution in [0.25, 0.3) is 0 Å². The molecular formula is C11H15N3O3S. The van der Waals surface area contributed by atoms with Crippen molar-refractivity contribution in [1.29, 1.82) is 0 Å². The highest BCUT2D eigenvalue weighted by Gasteiger charge is 2.20. The fraction of sp³-hybridized carbons (Fsp3) is 0.545. The molecule has 1 N–H and O–H groups in total. The number of aromatic carboxylic acids is 1. The number of carbonyl (C=O) groups is 2. The Morgan fingerprint density at radius 1 is 1.56 bits per heavy atom. The summed E-state index contributed by atoms with van der Waals surface area (Å²) in [7, 11) is 1.80. The van der Waals surface area contributed by atoms with Crippen molar-refractivity contribution < 1.29 is 14.7 Å². The molecule has 0 radical (unpaired) electrons. The first-order valence-corrected chi connectivity index (χ1v) is 6.58. The quantitative estimate of drug-likeness (QED) is 0.865. The van der Waals surface area contributed by atoms with E-state index in [1.807, 2.05) is 4.90 Å². The van der Waals surface area contributed by atoms with Gasteiger partial charge in [0.25, 0.3) is 0 Å². The Bertz CT molecular complexity index is 460. The third kappa shape index (κ3) is 3.05. The standard InChI is InChI=1S/C11H15N3O3S/c1-13-3-2-4-14(6-9(13)15)5-8-7-18-10(12-8)11(16)17/h7H,2-6H2,1H3,(H,16,17). The zero-order chi connectivity index (χ0) is 13.1. The number of hydrogen-bond acceptors (Lipinski definition) is 5. The Labute approximate surface area is 109 Å². The van der Waals surface area contributed by atoms with Crippen molar-refractivity contribution in [2.75, 3.05) is 26.7 Å². The minimum Gasteiger partial charge on any atom is -0.476 e. The van der Waals surface area contributed by atoms with Gasteiger partial charge < -0.3 is 10.0 Å². The van der Waals surface area contributed by atoms with Crippen LogP contribution < -0.4 is 0 Å². The van der Waals surface area contributed by atoms with E-state index in [0.717, 1.165) is 36.5 Å². The minimum absolute atomic E-state index is 0.0983. The third-order valence-corrected chi connectivity index (χ3v) is 3.75. The molecule has 1 amide bonds. The highest BCUT2D eigenvalue weighted by Crippen LogP contribution is 2.13. The van der Waals surface area contributed by atoms with Crippen LogP contribution in [0.3, 0.4) is 0 Å². The number of thiazole rings is 1. The first-order valence-electron chi connectivity index (χ1n) is 5.70. The molecule has 0 unspecified atom stereocenters. The van der Waals surface area contributed by atoms with Crippen molar-refractivity contribution in [3.05, 3.63) is 16.1 Å². The zero-order valence-corrected chi connectivity index (χ0v) is 10.9. The summed E-state index contributed by atoms with van der Waals surface area (Å²) in [6.45, 7) is 2.50. The molecule has 0 atom stereocenters. The average Bonchev–Trinajstić information content (AvgIpc) is 2.71. The summed E-state index contributed by atoms with van der Waals surface area (Å²) in [6, 6.07) is 0. The summed E-state index contributed by atoms with van der Waals surface area (Å²) in [5.74, 6) is -0.904. The van der Waals surface area contributed by atoms with E-state index in [0.29, 0.717) is 13.1 Å². The van der Waals surface area contributed by atoms with E-state index in [1.165, 1.54) is 0 Å². The SMILES string of the molecule is CN1CCCN(Cc2csc(C(=O)O)n2)CC1=O. The van der Waals surface area contributed by atoms with Crippen LogP contribution in [0.1, 0.15) is 21.9 Å². The van der Waals surface area contributed by atoms with E-state index in [4.69, 9.17) is 5.11 Å². The predicted octanol–water partition coefficient (Wildman–Crippen LogP) is 0.505. The second-order valence-corrected chi connectivity index (χ2v) is 5.19. The van der Waals surface area contributed by atoms with E-state index < -0.39 is 5.97 Å². The molecule has 1 aromatic heterocycles. The maximum absolute atomic E-state index is 11.7. The first kappa shape index (κ1) is 13.0. The second kappa shape index (κ2) is 5.45. The maximum atomic E-state index is 11.7. The maximum Gasteiger partial charge on any atom is 0.365 e. The molecule has 7 heteroatoms. The summed E-state index contributed by atoms with van der Waals surface area (Å²) < 4.78 is 0. The summed E-state index contributed by atoms with van der Waals surface area (Å²) in [5, 5.41) is 10.6.